The van der Waals surface area contributed by atoms with Crippen molar-refractivity contribution in [1.29, 1.82) is 0 Å². The number of likely N-dealkylation sites (tertiary alicyclic amines) is 1. The molecule has 0 unspecified atom stereocenters. The fraction of sp³-hybridized carbons (Fsp3) is 0.615. The van der Waals surface area contributed by atoms with Gasteiger partial charge in [-0.3, -0.25) is 9.88 Å². The fourth-order valence-corrected chi connectivity index (χ4v) is 2.59. The van der Waals surface area contributed by atoms with Crippen molar-refractivity contribution in [1.82, 2.24) is 9.88 Å². The standard InChI is InChI=1S/C13H18N2O2/c1-5-14-6-2-12(1)3-7-15-8-4-13(11-15)16-9-10-17-13/h1-2,5-6H,3-4,7-11H2. The molecule has 92 valence electrons. The van der Waals surface area contributed by atoms with Gasteiger partial charge in [-0.15, -0.1) is 0 Å². The molecular weight excluding hydrogens is 216 g/mol. The van der Waals surface area contributed by atoms with Crippen LogP contribution < -0.4 is 0 Å². The molecule has 0 amide bonds. The van der Waals surface area contributed by atoms with Gasteiger partial charge in [0.2, 0.25) is 0 Å². The zero-order valence-electron chi connectivity index (χ0n) is 9.97. The molecule has 1 spiro atoms. The summed E-state index contributed by atoms with van der Waals surface area (Å²) in [6.45, 7) is 4.55. The number of ether oxygens (including phenoxy) is 2. The Balaban J connectivity index is 1.51. The van der Waals surface area contributed by atoms with Crippen molar-refractivity contribution in [3.8, 4) is 0 Å². The molecule has 2 aliphatic rings. The Kier molecular flexibility index (Phi) is 3.09. The summed E-state index contributed by atoms with van der Waals surface area (Å²) in [5, 5.41) is 0. The molecule has 4 heteroatoms. The maximum absolute atomic E-state index is 5.71. The second kappa shape index (κ2) is 4.72. The largest absolute Gasteiger partial charge is 0.346 e. The quantitative estimate of drug-likeness (QED) is 0.783. The van der Waals surface area contributed by atoms with Gasteiger partial charge < -0.3 is 9.47 Å². The van der Waals surface area contributed by atoms with Crippen molar-refractivity contribution in [3.05, 3.63) is 30.1 Å². The second-order valence-corrected chi connectivity index (χ2v) is 4.74. The summed E-state index contributed by atoms with van der Waals surface area (Å²) >= 11 is 0. The van der Waals surface area contributed by atoms with Crippen LogP contribution in [-0.2, 0) is 15.9 Å². The summed E-state index contributed by atoms with van der Waals surface area (Å²) < 4.78 is 11.4. The van der Waals surface area contributed by atoms with Gasteiger partial charge in [0.15, 0.2) is 5.79 Å². The first-order valence-corrected chi connectivity index (χ1v) is 6.26. The summed E-state index contributed by atoms with van der Waals surface area (Å²) in [7, 11) is 0. The van der Waals surface area contributed by atoms with Gasteiger partial charge in [0.1, 0.15) is 0 Å². The van der Waals surface area contributed by atoms with E-state index in [1.165, 1.54) is 5.56 Å². The number of pyridine rings is 1. The molecule has 3 rings (SSSR count). The molecule has 0 radical (unpaired) electrons. The molecule has 0 N–H and O–H groups in total. The first-order chi connectivity index (χ1) is 8.36. The summed E-state index contributed by atoms with van der Waals surface area (Å²) in [5.74, 6) is -0.280. The second-order valence-electron chi connectivity index (χ2n) is 4.74. The molecule has 1 aromatic heterocycles. The Labute approximate surface area is 102 Å². The van der Waals surface area contributed by atoms with E-state index in [1.54, 1.807) is 0 Å². The number of aromatic nitrogens is 1. The third-order valence-corrected chi connectivity index (χ3v) is 3.55. The lowest BCUT2D eigenvalue weighted by Gasteiger charge is -2.22. The zero-order chi connectivity index (χ0) is 11.6. The topological polar surface area (TPSA) is 34.6 Å². The Morgan fingerprint density at radius 1 is 1.24 bits per heavy atom. The zero-order valence-corrected chi connectivity index (χ0v) is 9.97. The average molecular weight is 234 g/mol. The lowest BCUT2D eigenvalue weighted by molar-refractivity contribution is -0.145. The van der Waals surface area contributed by atoms with Gasteiger partial charge in [-0.25, -0.2) is 0 Å². The van der Waals surface area contributed by atoms with E-state index in [0.29, 0.717) is 0 Å². The molecule has 0 bridgehead atoms. The van der Waals surface area contributed by atoms with E-state index < -0.39 is 0 Å². The highest BCUT2D eigenvalue weighted by Crippen LogP contribution is 2.30. The van der Waals surface area contributed by atoms with Crippen molar-refractivity contribution in [2.24, 2.45) is 0 Å². The Morgan fingerprint density at radius 3 is 2.76 bits per heavy atom. The first kappa shape index (κ1) is 11.1. The van der Waals surface area contributed by atoms with Crippen LogP contribution in [0.2, 0.25) is 0 Å². The van der Waals surface area contributed by atoms with Crippen LogP contribution in [0.15, 0.2) is 24.5 Å². The molecule has 17 heavy (non-hydrogen) atoms. The van der Waals surface area contributed by atoms with E-state index >= 15 is 0 Å². The Hall–Kier alpha value is -0.970. The number of hydrogen-bond donors (Lipinski definition) is 0. The molecular formula is C13H18N2O2. The molecule has 2 fully saturated rings. The minimum Gasteiger partial charge on any atom is -0.346 e. The van der Waals surface area contributed by atoms with E-state index in [0.717, 1.165) is 45.7 Å². The van der Waals surface area contributed by atoms with Crippen LogP contribution >= 0.6 is 0 Å². The van der Waals surface area contributed by atoms with Gasteiger partial charge in [0.25, 0.3) is 0 Å². The lowest BCUT2D eigenvalue weighted by Crippen LogP contribution is -2.34. The van der Waals surface area contributed by atoms with Gasteiger partial charge >= 0.3 is 0 Å². The maximum atomic E-state index is 5.71. The minimum absolute atomic E-state index is 0.280. The van der Waals surface area contributed by atoms with E-state index in [9.17, 15) is 0 Å². The van der Waals surface area contributed by atoms with Crippen molar-refractivity contribution in [2.75, 3.05) is 32.8 Å². The summed E-state index contributed by atoms with van der Waals surface area (Å²) in [6.07, 6.45) is 5.77. The third-order valence-electron chi connectivity index (χ3n) is 3.55. The van der Waals surface area contributed by atoms with Crippen LogP contribution in [0.4, 0.5) is 0 Å². The normalized spacial score (nSPS) is 23.5. The van der Waals surface area contributed by atoms with Gasteiger partial charge in [0.05, 0.1) is 19.8 Å². The lowest BCUT2D eigenvalue weighted by atomic mass is 10.2. The average Bonchev–Trinajstić information content (AvgIpc) is 2.99. The summed E-state index contributed by atoms with van der Waals surface area (Å²) in [4.78, 5) is 6.45. The molecule has 1 aromatic rings. The highest BCUT2D eigenvalue weighted by atomic mass is 16.7. The minimum atomic E-state index is -0.280. The molecule has 0 aromatic carbocycles. The van der Waals surface area contributed by atoms with Crippen LogP contribution in [0.3, 0.4) is 0 Å². The van der Waals surface area contributed by atoms with Crippen molar-refractivity contribution >= 4 is 0 Å². The van der Waals surface area contributed by atoms with E-state index in [-0.39, 0.29) is 5.79 Å². The predicted octanol–water partition coefficient (Wildman–Crippen LogP) is 1.07. The van der Waals surface area contributed by atoms with E-state index in [2.05, 4.69) is 22.0 Å². The van der Waals surface area contributed by atoms with Crippen molar-refractivity contribution < 1.29 is 9.47 Å². The highest BCUT2D eigenvalue weighted by molar-refractivity contribution is 5.10. The molecule has 2 aliphatic heterocycles. The molecule has 2 saturated heterocycles. The number of hydrogen-bond acceptors (Lipinski definition) is 4. The predicted molar refractivity (Wildman–Crippen MR) is 63.6 cm³/mol. The van der Waals surface area contributed by atoms with Gasteiger partial charge in [-0.1, -0.05) is 0 Å². The molecule has 0 saturated carbocycles. The highest BCUT2D eigenvalue weighted by Gasteiger charge is 2.42. The molecule has 0 aliphatic carbocycles. The molecule has 4 nitrogen and oxygen atoms in total. The van der Waals surface area contributed by atoms with Crippen LogP contribution in [-0.4, -0.2) is 48.5 Å². The Bertz CT molecular complexity index is 363. The van der Waals surface area contributed by atoms with E-state index in [1.807, 2.05) is 12.4 Å². The Morgan fingerprint density at radius 2 is 2.00 bits per heavy atom. The van der Waals surface area contributed by atoms with Crippen LogP contribution in [0.1, 0.15) is 12.0 Å². The fourth-order valence-electron chi connectivity index (χ4n) is 2.59. The van der Waals surface area contributed by atoms with Crippen molar-refractivity contribution in [2.45, 2.75) is 18.6 Å². The smallest absolute Gasteiger partial charge is 0.182 e. The summed E-state index contributed by atoms with van der Waals surface area (Å²) in [5.41, 5.74) is 1.34. The van der Waals surface area contributed by atoms with Gasteiger partial charge in [-0.05, 0) is 24.1 Å². The van der Waals surface area contributed by atoms with Crippen LogP contribution in [0.25, 0.3) is 0 Å². The number of nitrogens with zero attached hydrogens (tertiary/aromatic N) is 2. The summed E-state index contributed by atoms with van der Waals surface area (Å²) in [6, 6.07) is 4.16. The van der Waals surface area contributed by atoms with Crippen molar-refractivity contribution in [3.63, 3.8) is 0 Å². The van der Waals surface area contributed by atoms with Crippen LogP contribution in [0.5, 0.6) is 0 Å². The molecule has 3 heterocycles. The van der Waals surface area contributed by atoms with Gasteiger partial charge in [-0.2, -0.15) is 0 Å². The monoisotopic (exact) mass is 234 g/mol. The maximum Gasteiger partial charge on any atom is 0.182 e. The van der Waals surface area contributed by atoms with E-state index in [4.69, 9.17) is 9.47 Å². The SMILES string of the molecule is c1cc(CCN2CCC3(C2)OCCO3)ccn1. The first-order valence-electron chi connectivity index (χ1n) is 6.26. The third kappa shape index (κ3) is 2.49. The van der Waals surface area contributed by atoms with Crippen LogP contribution in [0, 0.1) is 0 Å². The number of rotatable bonds is 3. The molecule has 0 atom stereocenters. The van der Waals surface area contributed by atoms with Gasteiger partial charge in [0, 0.05) is 31.9 Å².